The molecule has 0 aliphatic rings. The molecule has 0 aromatic carbocycles. The van der Waals surface area contributed by atoms with Crippen LogP contribution < -0.4 is 0 Å². The number of oxazole rings is 1. The molecule has 0 spiro atoms. The predicted octanol–water partition coefficient (Wildman–Crippen LogP) is 2.60. The fourth-order valence-corrected chi connectivity index (χ4v) is 0.967. The van der Waals surface area contributed by atoms with Crippen LogP contribution in [0.5, 0.6) is 0 Å². The Balaban J connectivity index is 2.31. The standard InChI is InChI=1S/C10H13NO2/c1-2-3-4-5-6-9(12)10-11-7-8-13-10/h3-4,7-8H,2,5-6H2,1H3. The van der Waals surface area contributed by atoms with Crippen LogP contribution in [0.1, 0.15) is 36.9 Å². The third-order valence-corrected chi connectivity index (χ3v) is 1.61. The Kier molecular flexibility index (Phi) is 3.96. The summed E-state index contributed by atoms with van der Waals surface area (Å²) in [6.07, 6.45) is 9.17. The maximum atomic E-state index is 11.3. The second kappa shape index (κ2) is 5.30. The van der Waals surface area contributed by atoms with Gasteiger partial charge in [0.1, 0.15) is 6.26 Å². The van der Waals surface area contributed by atoms with E-state index in [1.54, 1.807) is 0 Å². The van der Waals surface area contributed by atoms with E-state index >= 15 is 0 Å². The molecule has 0 aliphatic heterocycles. The minimum absolute atomic E-state index is 0.0363. The molecule has 0 N–H and O–H groups in total. The predicted molar refractivity (Wildman–Crippen MR) is 49.5 cm³/mol. The Labute approximate surface area is 77.5 Å². The summed E-state index contributed by atoms with van der Waals surface area (Å²) in [4.78, 5) is 15.1. The van der Waals surface area contributed by atoms with Gasteiger partial charge in [-0.3, -0.25) is 4.79 Å². The molecule has 0 saturated heterocycles. The number of Topliss-reactive ketones (excluding diaryl/α,β-unsaturated/α-hetero) is 1. The number of rotatable bonds is 5. The van der Waals surface area contributed by atoms with Crippen molar-refractivity contribution >= 4 is 5.78 Å². The minimum Gasteiger partial charge on any atom is -0.442 e. The topological polar surface area (TPSA) is 43.1 Å². The Bertz CT molecular complexity index is 275. The van der Waals surface area contributed by atoms with Crippen molar-refractivity contribution in [1.29, 1.82) is 0 Å². The maximum absolute atomic E-state index is 11.3. The van der Waals surface area contributed by atoms with Gasteiger partial charge in [-0.25, -0.2) is 4.98 Å². The van der Waals surface area contributed by atoms with Crippen molar-refractivity contribution in [3.05, 3.63) is 30.5 Å². The fraction of sp³-hybridized carbons (Fsp3) is 0.400. The summed E-state index contributed by atoms with van der Waals surface area (Å²) in [5.74, 6) is 0.177. The number of hydrogen-bond donors (Lipinski definition) is 0. The van der Waals surface area contributed by atoms with Crippen molar-refractivity contribution in [2.75, 3.05) is 0 Å². The van der Waals surface area contributed by atoms with E-state index in [-0.39, 0.29) is 11.7 Å². The normalized spacial score (nSPS) is 10.8. The molecule has 1 aromatic rings. The molecule has 0 unspecified atom stereocenters. The molecule has 0 atom stereocenters. The van der Waals surface area contributed by atoms with Gasteiger partial charge in [0.25, 0.3) is 5.89 Å². The van der Waals surface area contributed by atoms with Crippen LogP contribution in [0.2, 0.25) is 0 Å². The molecule has 70 valence electrons. The molecule has 1 heterocycles. The van der Waals surface area contributed by atoms with E-state index in [4.69, 9.17) is 4.42 Å². The summed E-state index contributed by atoms with van der Waals surface area (Å²) in [7, 11) is 0. The summed E-state index contributed by atoms with van der Waals surface area (Å²) in [5.41, 5.74) is 0. The number of carbonyl (C=O) groups is 1. The Morgan fingerprint density at radius 2 is 2.46 bits per heavy atom. The van der Waals surface area contributed by atoms with E-state index in [1.165, 1.54) is 12.5 Å². The molecule has 0 fully saturated rings. The van der Waals surface area contributed by atoms with Crippen LogP contribution in [0.15, 0.2) is 29.0 Å². The van der Waals surface area contributed by atoms with Gasteiger partial charge in [-0.05, 0) is 12.8 Å². The van der Waals surface area contributed by atoms with Crippen LogP contribution in [0.3, 0.4) is 0 Å². The summed E-state index contributed by atoms with van der Waals surface area (Å²) in [6, 6.07) is 0. The van der Waals surface area contributed by atoms with E-state index in [0.29, 0.717) is 6.42 Å². The summed E-state index contributed by atoms with van der Waals surface area (Å²) in [6.45, 7) is 2.06. The van der Waals surface area contributed by atoms with Crippen molar-refractivity contribution in [2.45, 2.75) is 26.2 Å². The molecular formula is C10H13NO2. The summed E-state index contributed by atoms with van der Waals surface area (Å²) in [5, 5.41) is 0. The maximum Gasteiger partial charge on any atom is 0.263 e. The molecular weight excluding hydrogens is 166 g/mol. The lowest BCUT2D eigenvalue weighted by molar-refractivity contribution is 0.0950. The van der Waals surface area contributed by atoms with Crippen molar-refractivity contribution in [3.8, 4) is 0 Å². The van der Waals surface area contributed by atoms with Crippen LogP contribution in [-0.2, 0) is 0 Å². The van der Waals surface area contributed by atoms with Gasteiger partial charge in [0.2, 0.25) is 5.78 Å². The van der Waals surface area contributed by atoms with E-state index in [9.17, 15) is 4.79 Å². The van der Waals surface area contributed by atoms with E-state index in [1.807, 2.05) is 12.2 Å². The first-order valence-corrected chi connectivity index (χ1v) is 4.42. The number of carbonyl (C=O) groups excluding carboxylic acids is 1. The molecule has 0 aliphatic carbocycles. The summed E-state index contributed by atoms with van der Waals surface area (Å²) < 4.78 is 4.87. The van der Waals surface area contributed by atoms with Crippen LogP contribution >= 0.6 is 0 Å². The van der Waals surface area contributed by atoms with Crippen LogP contribution in [0.25, 0.3) is 0 Å². The number of nitrogens with zero attached hydrogens (tertiary/aromatic N) is 1. The van der Waals surface area contributed by atoms with E-state index < -0.39 is 0 Å². The largest absolute Gasteiger partial charge is 0.442 e. The van der Waals surface area contributed by atoms with Crippen molar-refractivity contribution in [3.63, 3.8) is 0 Å². The second-order valence-electron chi connectivity index (χ2n) is 2.68. The lowest BCUT2D eigenvalue weighted by Gasteiger charge is -1.91. The zero-order chi connectivity index (χ0) is 9.52. The average molecular weight is 179 g/mol. The number of allylic oxidation sites excluding steroid dienone is 2. The molecule has 0 radical (unpaired) electrons. The second-order valence-corrected chi connectivity index (χ2v) is 2.68. The first-order chi connectivity index (χ1) is 6.34. The Morgan fingerprint density at radius 3 is 3.08 bits per heavy atom. The van der Waals surface area contributed by atoms with Crippen LogP contribution in [0.4, 0.5) is 0 Å². The molecule has 0 saturated carbocycles. The zero-order valence-electron chi connectivity index (χ0n) is 7.69. The van der Waals surface area contributed by atoms with Gasteiger partial charge in [0.05, 0.1) is 6.20 Å². The minimum atomic E-state index is -0.0363. The van der Waals surface area contributed by atoms with Gasteiger partial charge in [-0.15, -0.1) is 0 Å². The monoisotopic (exact) mass is 179 g/mol. The highest BCUT2D eigenvalue weighted by molar-refractivity contribution is 5.91. The molecule has 1 rings (SSSR count). The van der Waals surface area contributed by atoms with Gasteiger partial charge < -0.3 is 4.42 Å². The van der Waals surface area contributed by atoms with E-state index in [0.717, 1.165) is 12.8 Å². The number of aromatic nitrogens is 1. The van der Waals surface area contributed by atoms with Gasteiger partial charge in [0, 0.05) is 6.42 Å². The number of ketones is 1. The van der Waals surface area contributed by atoms with Gasteiger partial charge in [-0.2, -0.15) is 0 Å². The van der Waals surface area contributed by atoms with Gasteiger partial charge in [0.15, 0.2) is 0 Å². The van der Waals surface area contributed by atoms with Crippen LogP contribution in [-0.4, -0.2) is 10.8 Å². The lowest BCUT2D eigenvalue weighted by atomic mass is 10.2. The third-order valence-electron chi connectivity index (χ3n) is 1.61. The molecule has 0 amide bonds. The fourth-order valence-electron chi connectivity index (χ4n) is 0.967. The van der Waals surface area contributed by atoms with Crippen LogP contribution in [0, 0.1) is 0 Å². The highest BCUT2D eigenvalue weighted by atomic mass is 16.3. The van der Waals surface area contributed by atoms with Crippen molar-refractivity contribution in [2.24, 2.45) is 0 Å². The van der Waals surface area contributed by atoms with E-state index in [2.05, 4.69) is 11.9 Å². The molecule has 0 bridgehead atoms. The first kappa shape index (κ1) is 9.71. The highest BCUT2D eigenvalue weighted by Crippen LogP contribution is 2.03. The molecule has 3 heteroatoms. The van der Waals surface area contributed by atoms with Gasteiger partial charge in [-0.1, -0.05) is 19.1 Å². The average Bonchev–Trinajstić information content (AvgIpc) is 2.65. The van der Waals surface area contributed by atoms with Crippen molar-refractivity contribution < 1.29 is 9.21 Å². The smallest absolute Gasteiger partial charge is 0.263 e. The molecule has 13 heavy (non-hydrogen) atoms. The Morgan fingerprint density at radius 1 is 1.62 bits per heavy atom. The molecule has 3 nitrogen and oxygen atoms in total. The SMILES string of the molecule is CCC=CCCC(=O)c1ncco1. The summed E-state index contributed by atoms with van der Waals surface area (Å²) >= 11 is 0. The zero-order valence-corrected chi connectivity index (χ0v) is 7.69. The third kappa shape index (κ3) is 3.23. The molecule has 1 aromatic heterocycles. The Hall–Kier alpha value is -1.38. The number of hydrogen-bond acceptors (Lipinski definition) is 3. The lowest BCUT2D eigenvalue weighted by Crippen LogP contribution is -1.97. The first-order valence-electron chi connectivity index (χ1n) is 4.42. The highest BCUT2D eigenvalue weighted by Gasteiger charge is 2.08. The quantitative estimate of drug-likeness (QED) is 0.515. The van der Waals surface area contributed by atoms with Crippen molar-refractivity contribution in [1.82, 2.24) is 4.98 Å². The van der Waals surface area contributed by atoms with Gasteiger partial charge >= 0.3 is 0 Å².